The van der Waals surface area contributed by atoms with Crippen molar-refractivity contribution in [3.8, 4) is 5.75 Å². The summed E-state index contributed by atoms with van der Waals surface area (Å²) in [4.78, 5) is 13.3. The Bertz CT molecular complexity index is 473. The molecule has 1 atom stereocenters. The minimum absolute atomic E-state index is 0.343. The first-order valence-corrected chi connectivity index (χ1v) is 7.77. The zero-order valence-corrected chi connectivity index (χ0v) is 12.9. The van der Waals surface area contributed by atoms with E-state index < -0.39 is 5.97 Å². The number of likely N-dealkylation sites (tertiary alicyclic amines) is 1. The van der Waals surface area contributed by atoms with E-state index in [2.05, 4.69) is 26.0 Å². The lowest BCUT2D eigenvalue weighted by Gasteiger charge is -2.32. The molecule has 0 amide bonds. The molecule has 1 fully saturated rings. The van der Waals surface area contributed by atoms with Crippen molar-refractivity contribution in [2.24, 2.45) is 0 Å². The van der Waals surface area contributed by atoms with Crippen LogP contribution in [0.3, 0.4) is 0 Å². The predicted octanol–water partition coefficient (Wildman–Crippen LogP) is 3.13. The van der Waals surface area contributed by atoms with Crippen molar-refractivity contribution < 1.29 is 14.6 Å². The van der Waals surface area contributed by atoms with E-state index in [1.165, 1.54) is 5.56 Å². The predicted molar refractivity (Wildman–Crippen MR) is 82.9 cm³/mol. The maximum absolute atomic E-state index is 11.2. The number of benzene rings is 1. The molecule has 1 saturated heterocycles. The highest BCUT2D eigenvalue weighted by Crippen LogP contribution is 2.21. The van der Waals surface area contributed by atoms with Gasteiger partial charge in [-0.05, 0) is 43.0 Å². The van der Waals surface area contributed by atoms with Crippen LogP contribution in [-0.4, -0.2) is 41.7 Å². The van der Waals surface area contributed by atoms with Gasteiger partial charge in [-0.25, -0.2) is 0 Å². The van der Waals surface area contributed by atoms with Crippen molar-refractivity contribution in [2.75, 3.05) is 19.7 Å². The monoisotopic (exact) mass is 291 g/mol. The van der Waals surface area contributed by atoms with Gasteiger partial charge in [0.15, 0.2) is 0 Å². The fourth-order valence-corrected chi connectivity index (χ4v) is 2.78. The van der Waals surface area contributed by atoms with Gasteiger partial charge in [-0.15, -0.1) is 0 Å². The molecule has 2 rings (SSSR count). The van der Waals surface area contributed by atoms with E-state index in [0.29, 0.717) is 19.1 Å². The largest absolute Gasteiger partial charge is 0.492 e. The van der Waals surface area contributed by atoms with Crippen LogP contribution in [0.4, 0.5) is 0 Å². The first kappa shape index (κ1) is 15.8. The number of hydrogen-bond donors (Lipinski definition) is 1. The SMILES string of the molecule is CC(C)c1cccc(OCCN2CCCCC2C(=O)O)c1. The molecular formula is C17H25NO3. The molecule has 0 bridgehead atoms. The maximum Gasteiger partial charge on any atom is 0.320 e. The van der Waals surface area contributed by atoms with Gasteiger partial charge in [0, 0.05) is 6.54 Å². The van der Waals surface area contributed by atoms with Crippen LogP contribution in [0, 0.1) is 0 Å². The van der Waals surface area contributed by atoms with E-state index in [0.717, 1.165) is 31.6 Å². The molecule has 0 spiro atoms. The number of carbonyl (C=O) groups is 1. The quantitative estimate of drug-likeness (QED) is 0.875. The second-order valence-corrected chi connectivity index (χ2v) is 5.96. The Hall–Kier alpha value is -1.55. The van der Waals surface area contributed by atoms with Crippen LogP contribution in [0.1, 0.15) is 44.6 Å². The molecule has 1 aliphatic heterocycles. The smallest absolute Gasteiger partial charge is 0.320 e. The van der Waals surface area contributed by atoms with Crippen molar-refractivity contribution in [1.82, 2.24) is 4.90 Å². The topological polar surface area (TPSA) is 49.8 Å². The van der Waals surface area contributed by atoms with E-state index in [-0.39, 0.29) is 6.04 Å². The van der Waals surface area contributed by atoms with Crippen LogP contribution in [0.5, 0.6) is 5.75 Å². The second kappa shape index (κ2) is 7.46. The Kier molecular flexibility index (Phi) is 5.62. The standard InChI is InChI=1S/C17H25NO3/c1-13(2)14-6-5-7-15(12-14)21-11-10-18-9-4-3-8-16(18)17(19)20/h5-7,12-13,16H,3-4,8-11H2,1-2H3,(H,19,20). The molecule has 21 heavy (non-hydrogen) atoms. The van der Waals surface area contributed by atoms with E-state index in [1.54, 1.807) is 0 Å². The zero-order chi connectivity index (χ0) is 15.2. The fourth-order valence-electron chi connectivity index (χ4n) is 2.78. The normalized spacial score (nSPS) is 19.7. The molecule has 4 nitrogen and oxygen atoms in total. The minimum Gasteiger partial charge on any atom is -0.492 e. The Labute approximate surface area is 126 Å². The Morgan fingerprint density at radius 3 is 2.95 bits per heavy atom. The summed E-state index contributed by atoms with van der Waals surface area (Å²) >= 11 is 0. The zero-order valence-electron chi connectivity index (χ0n) is 12.9. The Balaban J connectivity index is 1.85. The third-order valence-corrected chi connectivity index (χ3v) is 4.07. The number of carboxylic acids is 1. The summed E-state index contributed by atoms with van der Waals surface area (Å²) in [6.07, 6.45) is 2.83. The summed E-state index contributed by atoms with van der Waals surface area (Å²) in [6.45, 7) is 6.37. The number of piperidine rings is 1. The van der Waals surface area contributed by atoms with Gasteiger partial charge in [-0.3, -0.25) is 9.69 Å². The molecule has 1 N–H and O–H groups in total. The first-order chi connectivity index (χ1) is 10.1. The van der Waals surface area contributed by atoms with Crippen LogP contribution in [0.2, 0.25) is 0 Å². The van der Waals surface area contributed by atoms with Crippen molar-refractivity contribution in [2.45, 2.75) is 45.1 Å². The minimum atomic E-state index is -0.712. The van der Waals surface area contributed by atoms with Crippen molar-refractivity contribution in [3.05, 3.63) is 29.8 Å². The van der Waals surface area contributed by atoms with Crippen molar-refractivity contribution in [3.63, 3.8) is 0 Å². The van der Waals surface area contributed by atoms with Crippen LogP contribution >= 0.6 is 0 Å². The number of carboxylic acid groups (broad SMARTS) is 1. The van der Waals surface area contributed by atoms with Crippen molar-refractivity contribution >= 4 is 5.97 Å². The average Bonchev–Trinajstić information content (AvgIpc) is 2.48. The van der Waals surface area contributed by atoms with Crippen molar-refractivity contribution in [1.29, 1.82) is 0 Å². The lowest BCUT2D eigenvalue weighted by molar-refractivity contribution is -0.144. The number of rotatable bonds is 6. The molecular weight excluding hydrogens is 266 g/mol. The van der Waals surface area contributed by atoms with Gasteiger partial charge < -0.3 is 9.84 Å². The maximum atomic E-state index is 11.2. The summed E-state index contributed by atoms with van der Waals surface area (Å²) in [6, 6.07) is 7.78. The highest BCUT2D eigenvalue weighted by Gasteiger charge is 2.27. The lowest BCUT2D eigenvalue weighted by atomic mass is 10.0. The van der Waals surface area contributed by atoms with Gasteiger partial charge in [0.05, 0.1) is 0 Å². The van der Waals surface area contributed by atoms with Crippen LogP contribution in [0.15, 0.2) is 24.3 Å². The van der Waals surface area contributed by atoms with Gasteiger partial charge in [0.1, 0.15) is 18.4 Å². The van der Waals surface area contributed by atoms with Crippen LogP contribution < -0.4 is 4.74 Å². The van der Waals surface area contributed by atoms with Crippen LogP contribution in [0.25, 0.3) is 0 Å². The lowest BCUT2D eigenvalue weighted by Crippen LogP contribution is -2.46. The fraction of sp³-hybridized carbons (Fsp3) is 0.588. The van der Waals surface area contributed by atoms with Gasteiger partial charge in [-0.1, -0.05) is 32.4 Å². The number of hydrogen-bond acceptors (Lipinski definition) is 3. The molecule has 1 aromatic rings. The Morgan fingerprint density at radius 1 is 1.43 bits per heavy atom. The highest BCUT2D eigenvalue weighted by atomic mass is 16.5. The van der Waals surface area contributed by atoms with Crippen LogP contribution in [-0.2, 0) is 4.79 Å². The first-order valence-electron chi connectivity index (χ1n) is 7.77. The molecule has 0 aromatic heterocycles. The summed E-state index contributed by atoms with van der Waals surface area (Å²) in [7, 11) is 0. The number of aliphatic carboxylic acids is 1. The van der Waals surface area contributed by atoms with Gasteiger partial charge in [0.25, 0.3) is 0 Å². The highest BCUT2D eigenvalue weighted by molar-refractivity contribution is 5.73. The molecule has 0 radical (unpaired) electrons. The molecule has 4 heteroatoms. The van der Waals surface area contributed by atoms with E-state index in [4.69, 9.17) is 4.74 Å². The molecule has 0 saturated carbocycles. The van der Waals surface area contributed by atoms with Gasteiger partial charge >= 0.3 is 5.97 Å². The van der Waals surface area contributed by atoms with E-state index >= 15 is 0 Å². The second-order valence-electron chi connectivity index (χ2n) is 5.96. The third-order valence-electron chi connectivity index (χ3n) is 4.07. The molecule has 1 aromatic carbocycles. The van der Waals surface area contributed by atoms with E-state index in [9.17, 15) is 9.90 Å². The molecule has 1 unspecified atom stereocenters. The number of ether oxygens (including phenoxy) is 1. The third kappa shape index (κ3) is 4.46. The number of nitrogens with zero attached hydrogens (tertiary/aromatic N) is 1. The average molecular weight is 291 g/mol. The van der Waals surface area contributed by atoms with Gasteiger partial charge in [-0.2, -0.15) is 0 Å². The molecule has 1 aliphatic rings. The molecule has 116 valence electrons. The van der Waals surface area contributed by atoms with E-state index in [1.807, 2.05) is 17.0 Å². The molecule has 0 aliphatic carbocycles. The Morgan fingerprint density at radius 2 is 2.24 bits per heavy atom. The molecule has 1 heterocycles. The summed E-state index contributed by atoms with van der Waals surface area (Å²) in [5.41, 5.74) is 1.26. The van der Waals surface area contributed by atoms with Gasteiger partial charge in [0.2, 0.25) is 0 Å². The summed E-state index contributed by atoms with van der Waals surface area (Å²) in [5, 5.41) is 9.24. The summed E-state index contributed by atoms with van der Waals surface area (Å²) in [5.74, 6) is 0.633. The summed E-state index contributed by atoms with van der Waals surface area (Å²) < 4.78 is 5.79.